The molecule has 0 aromatic rings. The first-order valence-electron chi connectivity index (χ1n) is 9.21. The Bertz CT molecular complexity index is 598. The lowest BCUT2D eigenvalue weighted by atomic mass is 9.47. The van der Waals surface area contributed by atoms with Crippen molar-refractivity contribution in [3.63, 3.8) is 0 Å². The summed E-state index contributed by atoms with van der Waals surface area (Å²) >= 11 is 0. The number of carbonyl (C=O) groups excluding carboxylic acids is 1. The van der Waals surface area contributed by atoms with Crippen LogP contribution in [0.3, 0.4) is 0 Å². The average Bonchev–Trinajstić information content (AvgIpc) is 3.29. The van der Waals surface area contributed by atoms with E-state index in [0.29, 0.717) is 17.8 Å². The molecule has 1 aliphatic heterocycles. The largest absolute Gasteiger partial charge is 0.395 e. The molecule has 3 unspecified atom stereocenters. The van der Waals surface area contributed by atoms with E-state index < -0.39 is 0 Å². The minimum atomic E-state index is -0.323. The molecule has 5 rings (SSSR count). The number of fused-ring (bicyclic) bond motifs is 7. The normalized spacial score (nSPS) is 57.0. The highest BCUT2D eigenvalue weighted by Gasteiger charge is 2.69. The fourth-order valence-corrected chi connectivity index (χ4v) is 6.98. The first kappa shape index (κ1) is 14.6. The number of epoxide rings is 1. The van der Waals surface area contributed by atoms with Crippen LogP contribution in [0.1, 0.15) is 45.4 Å². The number of ketones is 1. The van der Waals surface area contributed by atoms with Crippen LogP contribution in [0.4, 0.5) is 0 Å². The molecule has 4 aliphatic carbocycles. The molecule has 2 N–H and O–H groups in total. The van der Waals surface area contributed by atoms with Gasteiger partial charge < -0.3 is 14.9 Å². The van der Waals surface area contributed by atoms with E-state index in [2.05, 4.69) is 6.92 Å². The number of hydrogen-bond acceptors (Lipinski definition) is 4. The SMILES string of the molecule is C[C@]12CC[C@H]3[C@@H](CCC4=CC(=O)C5OC5[C@@]43CO)[C@@H]1CCC2O. The molecule has 126 valence electrons. The summed E-state index contributed by atoms with van der Waals surface area (Å²) in [6.45, 7) is 2.36. The van der Waals surface area contributed by atoms with Crippen molar-refractivity contribution in [2.75, 3.05) is 6.61 Å². The Morgan fingerprint density at radius 1 is 1.26 bits per heavy atom. The minimum absolute atomic E-state index is 0.0489. The summed E-state index contributed by atoms with van der Waals surface area (Å²) in [7, 11) is 0. The average molecular weight is 318 g/mol. The second-order valence-electron chi connectivity index (χ2n) is 8.80. The van der Waals surface area contributed by atoms with E-state index in [9.17, 15) is 15.0 Å². The fourth-order valence-electron chi connectivity index (χ4n) is 6.98. The lowest BCUT2D eigenvalue weighted by Gasteiger charge is -2.57. The van der Waals surface area contributed by atoms with Gasteiger partial charge in [-0.15, -0.1) is 0 Å². The Hall–Kier alpha value is -0.710. The highest BCUT2D eigenvalue weighted by atomic mass is 16.6. The molecule has 0 aromatic carbocycles. The Labute approximate surface area is 136 Å². The van der Waals surface area contributed by atoms with Crippen LogP contribution < -0.4 is 0 Å². The third kappa shape index (κ3) is 1.60. The van der Waals surface area contributed by atoms with Crippen molar-refractivity contribution in [3.8, 4) is 0 Å². The second kappa shape index (κ2) is 4.47. The van der Waals surface area contributed by atoms with Gasteiger partial charge in [0.1, 0.15) is 12.2 Å². The maximum atomic E-state index is 12.1. The highest BCUT2D eigenvalue weighted by Crippen LogP contribution is 2.67. The van der Waals surface area contributed by atoms with E-state index in [4.69, 9.17) is 4.74 Å². The Morgan fingerprint density at radius 3 is 2.87 bits per heavy atom. The molecule has 0 amide bonds. The van der Waals surface area contributed by atoms with Gasteiger partial charge in [-0.3, -0.25) is 4.79 Å². The molecule has 1 heterocycles. The van der Waals surface area contributed by atoms with Crippen molar-refractivity contribution >= 4 is 5.78 Å². The predicted molar refractivity (Wildman–Crippen MR) is 83.6 cm³/mol. The molecule has 0 aromatic heterocycles. The van der Waals surface area contributed by atoms with Crippen LogP contribution in [-0.4, -0.2) is 40.9 Å². The van der Waals surface area contributed by atoms with Crippen LogP contribution in [0.25, 0.3) is 0 Å². The third-order valence-electron chi connectivity index (χ3n) is 8.25. The van der Waals surface area contributed by atoms with Gasteiger partial charge in [0.05, 0.1) is 12.7 Å². The Kier molecular flexibility index (Phi) is 2.84. The van der Waals surface area contributed by atoms with Gasteiger partial charge in [0.2, 0.25) is 0 Å². The fraction of sp³-hybridized carbons (Fsp3) is 0.842. The quantitative estimate of drug-likeness (QED) is 0.724. The van der Waals surface area contributed by atoms with Crippen molar-refractivity contribution in [1.82, 2.24) is 0 Å². The van der Waals surface area contributed by atoms with E-state index in [0.717, 1.165) is 44.1 Å². The summed E-state index contributed by atoms with van der Waals surface area (Å²) in [6.07, 6.45) is 7.31. The van der Waals surface area contributed by atoms with Gasteiger partial charge in [-0.2, -0.15) is 0 Å². The molecular weight excluding hydrogens is 292 g/mol. The van der Waals surface area contributed by atoms with Crippen molar-refractivity contribution in [2.24, 2.45) is 28.6 Å². The zero-order valence-electron chi connectivity index (χ0n) is 13.7. The maximum Gasteiger partial charge on any atom is 0.187 e. The molecule has 5 aliphatic rings. The van der Waals surface area contributed by atoms with Crippen LogP contribution in [0.15, 0.2) is 11.6 Å². The van der Waals surface area contributed by atoms with Gasteiger partial charge in [-0.25, -0.2) is 0 Å². The van der Waals surface area contributed by atoms with Crippen molar-refractivity contribution in [2.45, 2.75) is 63.8 Å². The van der Waals surface area contributed by atoms with Crippen molar-refractivity contribution < 1.29 is 19.7 Å². The zero-order valence-corrected chi connectivity index (χ0v) is 13.7. The van der Waals surface area contributed by atoms with E-state index >= 15 is 0 Å². The summed E-state index contributed by atoms with van der Waals surface area (Å²) < 4.78 is 5.75. The van der Waals surface area contributed by atoms with E-state index in [1.54, 1.807) is 6.08 Å². The lowest BCUT2D eigenvalue weighted by molar-refractivity contribution is -0.117. The summed E-state index contributed by atoms with van der Waals surface area (Å²) in [5, 5.41) is 20.9. The highest BCUT2D eigenvalue weighted by molar-refractivity contribution is 5.98. The summed E-state index contributed by atoms with van der Waals surface area (Å²) in [6, 6.07) is 0. The molecule has 0 bridgehead atoms. The predicted octanol–water partition coefficient (Wildman–Crippen LogP) is 1.84. The Balaban J connectivity index is 1.57. The Morgan fingerprint density at radius 2 is 2.09 bits per heavy atom. The van der Waals surface area contributed by atoms with Crippen LogP contribution in [0, 0.1) is 28.6 Å². The van der Waals surface area contributed by atoms with Gasteiger partial charge in [-0.1, -0.05) is 12.5 Å². The molecule has 8 atom stereocenters. The molecule has 4 heteroatoms. The zero-order chi connectivity index (χ0) is 16.0. The first-order chi connectivity index (χ1) is 11.0. The number of ether oxygens (including phenoxy) is 1. The standard InChI is InChI=1S/C19H26O4/c1-18-7-6-13-11(12(18)4-5-15(18)22)3-2-10-8-14(21)16-17(23-16)19(10,13)9-20/h8,11-13,15-17,20,22H,2-7,9H2,1H3/t11-,12-,13-,15?,16?,17?,18-,19-/m0/s1. The number of rotatable bonds is 1. The molecule has 23 heavy (non-hydrogen) atoms. The van der Waals surface area contributed by atoms with Gasteiger partial charge >= 0.3 is 0 Å². The maximum absolute atomic E-state index is 12.1. The topological polar surface area (TPSA) is 70.1 Å². The van der Waals surface area contributed by atoms with E-state index in [-0.39, 0.29) is 41.5 Å². The summed E-state index contributed by atoms with van der Waals surface area (Å²) in [5.74, 6) is 1.60. The van der Waals surface area contributed by atoms with Gasteiger partial charge in [0.25, 0.3) is 0 Å². The van der Waals surface area contributed by atoms with Crippen LogP contribution in [0.2, 0.25) is 0 Å². The molecule has 4 fully saturated rings. The molecule has 1 saturated heterocycles. The van der Waals surface area contributed by atoms with Crippen LogP contribution >= 0.6 is 0 Å². The monoisotopic (exact) mass is 318 g/mol. The molecule has 0 radical (unpaired) electrons. The van der Waals surface area contributed by atoms with Gasteiger partial charge in [0, 0.05) is 5.41 Å². The van der Waals surface area contributed by atoms with Crippen molar-refractivity contribution in [1.29, 1.82) is 0 Å². The van der Waals surface area contributed by atoms with Crippen molar-refractivity contribution in [3.05, 3.63) is 11.6 Å². The van der Waals surface area contributed by atoms with E-state index in [1.165, 1.54) is 0 Å². The smallest absolute Gasteiger partial charge is 0.187 e. The number of hydrogen-bond donors (Lipinski definition) is 2. The van der Waals surface area contributed by atoms with Gasteiger partial charge in [0.15, 0.2) is 5.78 Å². The number of carbonyl (C=O) groups is 1. The molecule has 4 nitrogen and oxygen atoms in total. The second-order valence-corrected chi connectivity index (χ2v) is 8.80. The number of aliphatic hydroxyl groups excluding tert-OH is 2. The molecule has 3 saturated carbocycles. The summed E-state index contributed by atoms with van der Waals surface area (Å²) in [4.78, 5) is 12.1. The molecular formula is C19H26O4. The first-order valence-corrected chi connectivity index (χ1v) is 9.21. The van der Waals surface area contributed by atoms with Gasteiger partial charge in [-0.05, 0) is 67.8 Å². The summed E-state index contributed by atoms with van der Waals surface area (Å²) in [5.41, 5.74) is 0.871. The van der Waals surface area contributed by atoms with Crippen LogP contribution in [-0.2, 0) is 9.53 Å². The van der Waals surface area contributed by atoms with Crippen LogP contribution in [0.5, 0.6) is 0 Å². The third-order valence-corrected chi connectivity index (χ3v) is 8.25. The lowest BCUT2D eigenvalue weighted by Crippen LogP contribution is -2.56. The molecule has 0 spiro atoms. The minimum Gasteiger partial charge on any atom is -0.395 e. The van der Waals surface area contributed by atoms with E-state index in [1.807, 2.05) is 0 Å². The number of aliphatic hydroxyl groups is 2.